The molecular weight excluding hydrogens is 245 g/mol. The minimum atomic E-state index is -0.866. The number of rotatable bonds is 2. The second-order valence-electron chi connectivity index (χ2n) is 3.99. The van der Waals surface area contributed by atoms with Gasteiger partial charge in [0.25, 0.3) is 0 Å². The van der Waals surface area contributed by atoms with Crippen molar-refractivity contribution in [2.24, 2.45) is 0 Å². The van der Waals surface area contributed by atoms with Gasteiger partial charge in [0, 0.05) is 0 Å². The van der Waals surface area contributed by atoms with Crippen LogP contribution in [0.25, 0.3) is 0 Å². The molecule has 19 heavy (non-hydrogen) atoms. The molecule has 1 aliphatic heterocycles. The Labute approximate surface area is 109 Å². The predicted molar refractivity (Wildman–Crippen MR) is 65.7 cm³/mol. The van der Waals surface area contributed by atoms with Gasteiger partial charge < -0.3 is 14.4 Å². The van der Waals surface area contributed by atoms with Gasteiger partial charge in [-0.2, -0.15) is 5.26 Å². The van der Waals surface area contributed by atoms with Crippen LogP contribution in [-0.2, 0) is 11.3 Å². The van der Waals surface area contributed by atoms with Crippen LogP contribution in [0.4, 0.5) is 0 Å². The molecule has 0 bridgehead atoms. The van der Waals surface area contributed by atoms with Gasteiger partial charge in [-0.3, -0.25) is 0 Å². The lowest BCUT2D eigenvalue weighted by Crippen LogP contribution is -2.27. The van der Waals surface area contributed by atoms with Crippen LogP contribution in [-0.4, -0.2) is 22.1 Å². The van der Waals surface area contributed by atoms with Crippen molar-refractivity contribution < 1.29 is 14.4 Å². The highest BCUT2D eigenvalue weighted by Gasteiger charge is 2.27. The maximum atomic E-state index is 9.50. The monoisotopic (exact) mass is 253 g/mol. The van der Waals surface area contributed by atoms with Crippen LogP contribution in [0.3, 0.4) is 0 Å². The Morgan fingerprint density at radius 1 is 1.37 bits per heavy atom. The van der Waals surface area contributed by atoms with E-state index in [1.165, 1.54) is 12.4 Å². The van der Waals surface area contributed by atoms with E-state index in [9.17, 15) is 5.02 Å². The maximum absolute atomic E-state index is 9.50. The standard InChI is InChI=1S/C12H8BN3O3/c14-4-8-5-15-12(16-6-8)19-10-1-2-11-9(3-10)7-18-13(11)17/h1-3,5-6,17H,7H2. The summed E-state index contributed by atoms with van der Waals surface area (Å²) in [5, 5.41) is 18.1. The minimum absolute atomic E-state index is 0.165. The van der Waals surface area contributed by atoms with Gasteiger partial charge in [-0.05, 0) is 23.2 Å². The van der Waals surface area contributed by atoms with E-state index in [-0.39, 0.29) is 6.01 Å². The minimum Gasteiger partial charge on any atom is -0.424 e. The SMILES string of the molecule is N#Cc1cnc(Oc2ccc3c(c2)COB3O)nc1. The van der Waals surface area contributed by atoms with E-state index >= 15 is 0 Å². The van der Waals surface area contributed by atoms with Crippen LogP contribution in [0, 0.1) is 11.3 Å². The summed E-state index contributed by atoms with van der Waals surface area (Å²) in [4.78, 5) is 7.83. The van der Waals surface area contributed by atoms with E-state index in [0.717, 1.165) is 11.0 Å². The third kappa shape index (κ3) is 2.27. The molecule has 7 heteroatoms. The molecule has 92 valence electrons. The fourth-order valence-corrected chi connectivity index (χ4v) is 1.80. The zero-order valence-corrected chi connectivity index (χ0v) is 9.78. The third-order valence-electron chi connectivity index (χ3n) is 2.74. The van der Waals surface area contributed by atoms with Crippen LogP contribution in [0.5, 0.6) is 11.8 Å². The highest BCUT2D eigenvalue weighted by molar-refractivity contribution is 6.61. The molecule has 1 N–H and O–H groups in total. The molecule has 3 rings (SSSR count). The molecule has 0 amide bonds. The van der Waals surface area contributed by atoms with Crippen molar-refractivity contribution >= 4 is 12.6 Å². The highest BCUT2D eigenvalue weighted by atomic mass is 16.5. The van der Waals surface area contributed by atoms with E-state index in [4.69, 9.17) is 14.7 Å². The van der Waals surface area contributed by atoms with Gasteiger partial charge in [-0.15, -0.1) is 0 Å². The molecule has 0 atom stereocenters. The summed E-state index contributed by atoms with van der Waals surface area (Å²) in [6.45, 7) is 0.349. The first kappa shape index (κ1) is 11.7. The summed E-state index contributed by atoms with van der Waals surface area (Å²) in [6.07, 6.45) is 2.78. The Hall–Kier alpha value is -2.43. The second kappa shape index (κ2) is 4.68. The Kier molecular flexibility index (Phi) is 2.87. The summed E-state index contributed by atoms with van der Waals surface area (Å²) < 4.78 is 10.6. The summed E-state index contributed by atoms with van der Waals surface area (Å²) in [6, 6.07) is 7.32. The molecule has 0 radical (unpaired) electrons. The molecule has 0 saturated carbocycles. The van der Waals surface area contributed by atoms with Crippen molar-refractivity contribution in [2.45, 2.75) is 6.61 Å². The third-order valence-corrected chi connectivity index (χ3v) is 2.74. The highest BCUT2D eigenvalue weighted by Crippen LogP contribution is 2.21. The summed E-state index contributed by atoms with van der Waals surface area (Å²) in [5.74, 6) is 0.557. The molecule has 1 aromatic carbocycles. The quantitative estimate of drug-likeness (QED) is 0.777. The first-order valence-electron chi connectivity index (χ1n) is 5.59. The lowest BCUT2D eigenvalue weighted by atomic mass is 9.80. The zero-order chi connectivity index (χ0) is 13.2. The average Bonchev–Trinajstić information content (AvgIpc) is 2.81. The number of aromatic nitrogens is 2. The number of nitriles is 1. The second-order valence-corrected chi connectivity index (χ2v) is 3.99. The summed E-state index contributed by atoms with van der Waals surface area (Å²) in [5.41, 5.74) is 1.99. The fourth-order valence-electron chi connectivity index (χ4n) is 1.80. The predicted octanol–water partition coefficient (Wildman–Crippen LogP) is 0.358. The van der Waals surface area contributed by atoms with Gasteiger partial charge >= 0.3 is 13.1 Å². The normalized spacial score (nSPS) is 12.9. The first-order valence-corrected chi connectivity index (χ1v) is 5.59. The van der Waals surface area contributed by atoms with Crippen LogP contribution in [0.2, 0.25) is 0 Å². The fraction of sp³-hybridized carbons (Fsp3) is 0.0833. The van der Waals surface area contributed by atoms with Crippen LogP contribution < -0.4 is 10.2 Å². The molecule has 2 heterocycles. The van der Waals surface area contributed by atoms with Gasteiger partial charge in [0.15, 0.2) is 0 Å². The number of ether oxygens (including phenoxy) is 1. The molecule has 1 aromatic heterocycles. The van der Waals surface area contributed by atoms with E-state index < -0.39 is 7.12 Å². The average molecular weight is 253 g/mol. The van der Waals surface area contributed by atoms with Crippen LogP contribution in [0.15, 0.2) is 30.6 Å². The smallest absolute Gasteiger partial charge is 0.424 e. The van der Waals surface area contributed by atoms with E-state index in [0.29, 0.717) is 17.9 Å². The van der Waals surface area contributed by atoms with Crippen molar-refractivity contribution in [3.63, 3.8) is 0 Å². The number of benzene rings is 1. The first-order chi connectivity index (χ1) is 9.26. The Morgan fingerprint density at radius 2 is 2.16 bits per heavy atom. The molecule has 0 fully saturated rings. The molecule has 0 aliphatic carbocycles. The van der Waals surface area contributed by atoms with Crippen LogP contribution >= 0.6 is 0 Å². The molecular formula is C12H8BN3O3. The van der Waals surface area contributed by atoms with Crippen LogP contribution in [0.1, 0.15) is 11.1 Å². The summed E-state index contributed by atoms with van der Waals surface area (Å²) in [7, 11) is -0.866. The number of hydrogen-bond donors (Lipinski definition) is 1. The Bertz CT molecular complexity index is 654. The Morgan fingerprint density at radius 3 is 2.89 bits per heavy atom. The molecule has 6 nitrogen and oxygen atoms in total. The van der Waals surface area contributed by atoms with Crippen molar-refractivity contribution in [1.82, 2.24) is 9.97 Å². The van der Waals surface area contributed by atoms with Gasteiger partial charge in [-0.1, -0.05) is 6.07 Å². The number of nitrogens with zero attached hydrogens (tertiary/aromatic N) is 3. The number of fused-ring (bicyclic) bond motifs is 1. The molecule has 0 saturated heterocycles. The largest absolute Gasteiger partial charge is 0.491 e. The van der Waals surface area contributed by atoms with Crippen molar-refractivity contribution in [2.75, 3.05) is 0 Å². The summed E-state index contributed by atoms with van der Waals surface area (Å²) >= 11 is 0. The maximum Gasteiger partial charge on any atom is 0.491 e. The van der Waals surface area contributed by atoms with E-state index in [1.807, 2.05) is 6.07 Å². The molecule has 2 aromatic rings. The number of hydrogen-bond acceptors (Lipinski definition) is 6. The van der Waals surface area contributed by atoms with E-state index in [2.05, 4.69) is 9.97 Å². The van der Waals surface area contributed by atoms with Gasteiger partial charge in [0.05, 0.1) is 24.6 Å². The lowest BCUT2D eigenvalue weighted by Gasteiger charge is -2.05. The van der Waals surface area contributed by atoms with E-state index in [1.54, 1.807) is 18.2 Å². The Balaban J connectivity index is 1.82. The molecule has 0 unspecified atom stereocenters. The topological polar surface area (TPSA) is 88.3 Å². The van der Waals surface area contributed by atoms with Crippen molar-refractivity contribution in [3.05, 3.63) is 41.7 Å². The molecule has 1 aliphatic rings. The lowest BCUT2D eigenvalue weighted by molar-refractivity contribution is 0.275. The molecule has 0 spiro atoms. The van der Waals surface area contributed by atoms with Gasteiger partial charge in [0.2, 0.25) is 0 Å². The van der Waals surface area contributed by atoms with Crippen molar-refractivity contribution in [3.8, 4) is 17.8 Å². The zero-order valence-electron chi connectivity index (χ0n) is 9.78. The van der Waals surface area contributed by atoms with Crippen molar-refractivity contribution in [1.29, 1.82) is 5.26 Å². The van der Waals surface area contributed by atoms with Gasteiger partial charge in [0.1, 0.15) is 11.8 Å². The van der Waals surface area contributed by atoms with Gasteiger partial charge in [-0.25, -0.2) is 9.97 Å².